The molecule has 3 saturated heterocycles. The lowest BCUT2D eigenvalue weighted by Gasteiger charge is -2.48. The monoisotopic (exact) mass is 374 g/mol. The third kappa shape index (κ3) is 3.45. The lowest BCUT2D eigenvalue weighted by atomic mass is 9.92. The van der Waals surface area contributed by atoms with Crippen LogP contribution in [0.25, 0.3) is 10.6 Å². The van der Waals surface area contributed by atoms with Crippen molar-refractivity contribution in [2.45, 2.75) is 18.5 Å². The number of hydrogen-bond donors (Lipinski definition) is 2. The van der Waals surface area contributed by atoms with Crippen LogP contribution in [0.3, 0.4) is 0 Å². The normalized spacial score (nSPS) is 21.9. The Morgan fingerprint density at radius 2 is 2.15 bits per heavy atom. The highest BCUT2D eigenvalue weighted by atomic mass is 32.1. The molecule has 138 valence electrons. The fourth-order valence-corrected chi connectivity index (χ4v) is 4.17. The number of piperazine rings is 1. The van der Waals surface area contributed by atoms with Crippen molar-refractivity contribution in [3.8, 4) is 22.1 Å². The second-order valence-electron chi connectivity index (χ2n) is 6.46. The maximum atomic E-state index is 9.04. The van der Waals surface area contributed by atoms with E-state index in [-0.39, 0.29) is 13.2 Å². The molecule has 2 N–H and O–H groups in total. The minimum absolute atomic E-state index is 0.0649. The summed E-state index contributed by atoms with van der Waals surface area (Å²) in [6.07, 6.45) is 3.02. The van der Waals surface area contributed by atoms with Crippen molar-refractivity contribution in [3.63, 3.8) is 0 Å². The summed E-state index contributed by atoms with van der Waals surface area (Å²) in [6.45, 7) is 6.27. The number of hydrogen-bond acceptors (Lipinski definition) is 8. The van der Waals surface area contributed by atoms with Crippen molar-refractivity contribution >= 4 is 23.7 Å². The Kier molecular flexibility index (Phi) is 5.16. The Balaban J connectivity index is 1.60. The number of aliphatic hydroxyl groups is 1. The van der Waals surface area contributed by atoms with Crippen molar-refractivity contribution in [1.82, 2.24) is 15.2 Å². The highest BCUT2D eigenvalue weighted by Gasteiger charge is 2.36. The molecule has 0 aliphatic carbocycles. The number of rotatable bonds is 8. The average Bonchev–Trinajstić information content (AvgIpc) is 3.18. The first kappa shape index (κ1) is 17.4. The second-order valence-corrected chi connectivity index (χ2v) is 7.36. The van der Waals surface area contributed by atoms with Gasteiger partial charge in [0.25, 0.3) is 0 Å². The van der Waals surface area contributed by atoms with E-state index in [1.807, 2.05) is 17.5 Å². The van der Waals surface area contributed by atoms with Gasteiger partial charge in [-0.3, -0.25) is 9.89 Å². The van der Waals surface area contributed by atoms with Crippen LogP contribution >= 0.6 is 11.3 Å². The van der Waals surface area contributed by atoms with Crippen LogP contribution in [-0.4, -0.2) is 66.8 Å². The van der Waals surface area contributed by atoms with Crippen LogP contribution in [-0.2, 0) is 0 Å². The van der Waals surface area contributed by atoms with E-state index >= 15 is 0 Å². The minimum atomic E-state index is -0.0649. The van der Waals surface area contributed by atoms with Gasteiger partial charge in [0.15, 0.2) is 5.75 Å². The first-order valence-electron chi connectivity index (χ1n) is 8.67. The van der Waals surface area contributed by atoms with Crippen molar-refractivity contribution in [1.29, 1.82) is 0 Å². The lowest BCUT2D eigenvalue weighted by molar-refractivity contribution is 0.0257. The molecule has 2 bridgehead atoms. The van der Waals surface area contributed by atoms with Crippen LogP contribution in [0, 0.1) is 0 Å². The molecule has 0 saturated carbocycles. The maximum absolute atomic E-state index is 9.04. The highest BCUT2D eigenvalue weighted by molar-refractivity contribution is 7.13. The van der Waals surface area contributed by atoms with Crippen LogP contribution in [0.5, 0.6) is 11.5 Å². The van der Waals surface area contributed by atoms with Crippen LogP contribution < -0.4 is 14.8 Å². The predicted octanol–water partition coefficient (Wildman–Crippen LogP) is 1.90. The summed E-state index contributed by atoms with van der Waals surface area (Å²) in [5, 5.41) is 15.4. The molecule has 0 amide bonds. The summed E-state index contributed by atoms with van der Waals surface area (Å²) in [5.41, 5.74) is 1.42. The fraction of sp³-hybridized carbons (Fsp3) is 0.444. The van der Waals surface area contributed by atoms with Crippen LogP contribution in [0.4, 0.5) is 5.69 Å². The molecule has 8 heteroatoms. The third-order valence-corrected chi connectivity index (χ3v) is 5.46. The largest absolute Gasteiger partial charge is 0.489 e. The van der Waals surface area contributed by atoms with E-state index in [1.54, 1.807) is 17.5 Å². The maximum Gasteiger partial charge on any atom is 0.160 e. The molecular formula is C18H22N4O3S. The first-order valence-corrected chi connectivity index (χ1v) is 9.55. The van der Waals surface area contributed by atoms with Crippen molar-refractivity contribution in [2.75, 3.05) is 33.0 Å². The molecule has 0 spiro atoms. The number of aromatic nitrogens is 1. The van der Waals surface area contributed by atoms with Gasteiger partial charge in [0.05, 0.1) is 12.2 Å². The third-order valence-electron chi connectivity index (χ3n) is 4.65. The van der Waals surface area contributed by atoms with Gasteiger partial charge in [-0.1, -0.05) is 0 Å². The highest BCUT2D eigenvalue weighted by Crippen LogP contribution is 2.45. The first-order chi connectivity index (χ1) is 12.8. The number of aliphatic imine (C=N–C) groups is 1. The van der Waals surface area contributed by atoms with Gasteiger partial charge in [-0.15, -0.1) is 11.3 Å². The zero-order valence-corrected chi connectivity index (χ0v) is 15.2. The molecule has 0 radical (unpaired) electrons. The fourth-order valence-electron chi connectivity index (χ4n) is 3.51. The number of nitrogens with one attached hydrogen (secondary N) is 1. The van der Waals surface area contributed by atoms with Crippen LogP contribution in [0.15, 0.2) is 28.7 Å². The number of piperidine rings is 1. The molecule has 1 aromatic carbocycles. The molecule has 4 heterocycles. The number of nitrogens with zero attached hydrogens (tertiary/aromatic N) is 3. The Morgan fingerprint density at radius 1 is 1.35 bits per heavy atom. The van der Waals surface area contributed by atoms with Gasteiger partial charge < -0.3 is 19.9 Å². The summed E-state index contributed by atoms with van der Waals surface area (Å²) in [5.74, 6) is 1.17. The predicted molar refractivity (Wildman–Crippen MR) is 102 cm³/mol. The van der Waals surface area contributed by atoms with Gasteiger partial charge in [0.1, 0.15) is 29.8 Å². The standard InChI is InChI=1S/C18H22N4O3S/c1-19-16-15(24-6-5-23)3-2-14(18-20-4-7-26-18)17(16)25-11-22-9-12-8-13(10-22)21-12/h2-4,7,12-13,21,23H,1,5-6,8-11H2. The summed E-state index contributed by atoms with van der Waals surface area (Å²) in [7, 11) is 0. The Morgan fingerprint density at radius 3 is 2.81 bits per heavy atom. The Hall–Kier alpha value is -2.00. The van der Waals surface area contributed by atoms with Crippen molar-refractivity contribution in [3.05, 3.63) is 23.7 Å². The van der Waals surface area contributed by atoms with E-state index in [9.17, 15) is 0 Å². The molecule has 1 aromatic heterocycles. The molecule has 3 aliphatic heterocycles. The molecule has 3 aliphatic rings. The van der Waals surface area contributed by atoms with Crippen LogP contribution in [0.1, 0.15) is 6.42 Å². The average molecular weight is 374 g/mol. The number of aliphatic hydroxyl groups excluding tert-OH is 1. The molecule has 7 nitrogen and oxygen atoms in total. The quantitative estimate of drug-likeness (QED) is 0.687. The van der Waals surface area contributed by atoms with Gasteiger partial charge in [-0.25, -0.2) is 4.98 Å². The SMILES string of the molecule is C=Nc1c(OCCO)ccc(-c2nccs2)c1OCN1CC2CC(C1)N2. The molecule has 2 atom stereocenters. The lowest BCUT2D eigenvalue weighted by Crippen LogP contribution is -2.67. The smallest absolute Gasteiger partial charge is 0.160 e. The van der Waals surface area contributed by atoms with Crippen molar-refractivity contribution in [2.24, 2.45) is 4.99 Å². The van der Waals surface area contributed by atoms with Gasteiger partial charge in [-0.2, -0.15) is 0 Å². The zero-order chi connectivity index (χ0) is 17.9. The van der Waals surface area contributed by atoms with Gasteiger partial charge in [0, 0.05) is 36.8 Å². The van der Waals surface area contributed by atoms with E-state index in [1.165, 1.54) is 6.42 Å². The van der Waals surface area contributed by atoms with Crippen LogP contribution in [0.2, 0.25) is 0 Å². The molecule has 3 fully saturated rings. The molecule has 2 aromatic rings. The van der Waals surface area contributed by atoms with E-state index in [2.05, 4.69) is 26.9 Å². The number of ether oxygens (including phenoxy) is 2. The Labute approximate surface area is 156 Å². The minimum Gasteiger partial charge on any atom is -0.489 e. The molecule has 2 unspecified atom stereocenters. The van der Waals surface area contributed by atoms with Crippen molar-refractivity contribution < 1.29 is 14.6 Å². The summed E-state index contributed by atoms with van der Waals surface area (Å²) in [6, 6.07) is 4.90. The summed E-state index contributed by atoms with van der Waals surface area (Å²) >= 11 is 1.54. The number of thiazole rings is 1. The number of benzene rings is 1. The molecular weight excluding hydrogens is 352 g/mol. The molecule has 26 heavy (non-hydrogen) atoms. The van der Waals surface area contributed by atoms with Gasteiger partial charge >= 0.3 is 0 Å². The van der Waals surface area contributed by atoms with E-state index in [0.29, 0.717) is 36.0 Å². The summed E-state index contributed by atoms with van der Waals surface area (Å²) in [4.78, 5) is 10.8. The van der Waals surface area contributed by atoms with E-state index in [0.717, 1.165) is 23.7 Å². The number of fused-ring (bicyclic) bond motifs is 2. The van der Waals surface area contributed by atoms with Gasteiger partial charge in [0.2, 0.25) is 0 Å². The molecule has 5 rings (SSSR count). The van der Waals surface area contributed by atoms with E-state index < -0.39 is 0 Å². The topological polar surface area (TPSA) is 79.2 Å². The summed E-state index contributed by atoms with van der Waals surface area (Å²) < 4.78 is 11.8. The Bertz CT molecular complexity index is 752. The zero-order valence-electron chi connectivity index (χ0n) is 14.4. The van der Waals surface area contributed by atoms with Gasteiger partial charge in [-0.05, 0) is 25.3 Å². The second kappa shape index (κ2) is 7.71. The van der Waals surface area contributed by atoms with E-state index in [4.69, 9.17) is 14.6 Å².